The summed E-state index contributed by atoms with van der Waals surface area (Å²) < 4.78 is 62.8. The minimum atomic E-state index is -4.70. The van der Waals surface area contributed by atoms with Crippen LogP contribution in [0.15, 0.2) is 82.6 Å². The third-order valence-electron chi connectivity index (χ3n) is 6.57. The van der Waals surface area contributed by atoms with Gasteiger partial charge in [0.2, 0.25) is 0 Å². The van der Waals surface area contributed by atoms with Crippen molar-refractivity contribution in [1.82, 2.24) is 0 Å². The van der Waals surface area contributed by atoms with Crippen LogP contribution in [-0.4, -0.2) is 64.8 Å². The smallest absolute Gasteiger partial charge is 0.506 e. The molecule has 0 aromatic heterocycles. The molecule has 4 aromatic carbocycles. The normalized spacial score (nSPS) is 13.1. The number of ketones is 4. The third-order valence-corrected chi connectivity index (χ3v) is 8.33. The van der Waals surface area contributed by atoms with Crippen LogP contribution in [0.3, 0.4) is 0 Å². The summed E-state index contributed by atoms with van der Waals surface area (Å²) in [5, 5.41) is 19.3. The van der Waals surface area contributed by atoms with Crippen molar-refractivity contribution in [1.29, 1.82) is 0 Å². The number of rotatable bonds is 2. The number of hydrogen-bond acceptors (Lipinski definition) is 10. The molecular formula is C28H18NaO13S2+. The zero-order valence-corrected chi connectivity index (χ0v) is 25.9. The predicted molar refractivity (Wildman–Crippen MR) is 146 cm³/mol. The molecule has 0 aliphatic heterocycles. The zero-order chi connectivity index (χ0) is 30.7. The Morgan fingerprint density at radius 3 is 0.886 bits per heavy atom. The molecule has 2 aliphatic rings. The van der Waals surface area contributed by atoms with Crippen LogP contribution in [0.4, 0.5) is 0 Å². The Labute approximate surface area is 270 Å². The van der Waals surface area contributed by atoms with E-state index in [2.05, 4.69) is 0 Å². The second-order valence-corrected chi connectivity index (χ2v) is 11.9. The van der Waals surface area contributed by atoms with Crippen LogP contribution in [0.2, 0.25) is 0 Å². The van der Waals surface area contributed by atoms with E-state index < -0.39 is 64.7 Å². The standard InChI is InChI=1S/2C14H8O6S.Na.H2O/c2*15-11-5-9-10(6-12(11)21(18,19)20)14(17)8-4-2-1-3-7(8)13(9)16;;/h2*1-6,15H,(H,18,19,20);;1H2/q;;+1;. The minimum absolute atomic E-state index is 0. The van der Waals surface area contributed by atoms with E-state index in [0.29, 0.717) is 0 Å². The quantitative estimate of drug-likeness (QED) is 0.130. The molecule has 0 spiro atoms. The van der Waals surface area contributed by atoms with Gasteiger partial charge < -0.3 is 15.7 Å². The van der Waals surface area contributed by atoms with Gasteiger partial charge in [0.25, 0.3) is 20.2 Å². The summed E-state index contributed by atoms with van der Waals surface area (Å²) in [5.74, 6) is -3.61. The number of carbonyl (C=O) groups excluding carboxylic acids is 4. The molecule has 4 aromatic rings. The molecular weight excluding hydrogens is 631 g/mol. The topological polar surface area (TPSA) is 249 Å². The number of aromatic hydroxyl groups is 2. The average Bonchev–Trinajstić information content (AvgIpc) is 2.93. The van der Waals surface area contributed by atoms with Gasteiger partial charge in [0.1, 0.15) is 21.3 Å². The maximum atomic E-state index is 12.3. The van der Waals surface area contributed by atoms with Gasteiger partial charge in [0.05, 0.1) is 0 Å². The number of fused-ring (bicyclic) bond motifs is 4. The Morgan fingerprint density at radius 1 is 0.432 bits per heavy atom. The van der Waals surface area contributed by atoms with E-state index in [1.807, 2.05) is 0 Å². The van der Waals surface area contributed by atoms with Gasteiger partial charge in [-0.2, -0.15) is 16.8 Å². The van der Waals surface area contributed by atoms with Crippen LogP contribution in [-0.2, 0) is 20.2 Å². The maximum absolute atomic E-state index is 12.3. The van der Waals surface area contributed by atoms with E-state index >= 15 is 0 Å². The third kappa shape index (κ3) is 5.87. The van der Waals surface area contributed by atoms with E-state index in [1.54, 1.807) is 24.3 Å². The minimum Gasteiger partial charge on any atom is -0.506 e. The number of phenols is 2. The Bertz CT molecular complexity index is 1980. The van der Waals surface area contributed by atoms with E-state index in [9.17, 15) is 46.2 Å². The molecule has 0 fully saturated rings. The van der Waals surface area contributed by atoms with Crippen molar-refractivity contribution >= 4 is 43.4 Å². The van der Waals surface area contributed by atoms with Crippen molar-refractivity contribution in [3.8, 4) is 11.5 Å². The van der Waals surface area contributed by atoms with Gasteiger partial charge in [-0.3, -0.25) is 28.3 Å². The van der Waals surface area contributed by atoms with Gasteiger partial charge in [0, 0.05) is 44.5 Å². The molecule has 220 valence electrons. The van der Waals surface area contributed by atoms with Crippen LogP contribution >= 0.6 is 0 Å². The van der Waals surface area contributed by atoms with Crippen LogP contribution in [0, 0.1) is 0 Å². The van der Waals surface area contributed by atoms with Crippen molar-refractivity contribution in [3.05, 3.63) is 117 Å². The van der Waals surface area contributed by atoms with Gasteiger partial charge >= 0.3 is 29.6 Å². The van der Waals surface area contributed by atoms with E-state index in [0.717, 1.165) is 24.3 Å². The van der Waals surface area contributed by atoms with E-state index in [1.165, 1.54) is 24.3 Å². The molecule has 0 heterocycles. The summed E-state index contributed by atoms with van der Waals surface area (Å²) >= 11 is 0. The molecule has 13 nitrogen and oxygen atoms in total. The number of hydrogen-bond donors (Lipinski definition) is 4. The Kier molecular flexibility index (Phi) is 9.50. The van der Waals surface area contributed by atoms with Gasteiger partial charge in [0.15, 0.2) is 23.1 Å². The van der Waals surface area contributed by atoms with Crippen molar-refractivity contribution < 1.29 is 90.4 Å². The van der Waals surface area contributed by atoms with Gasteiger partial charge in [-0.25, -0.2) is 0 Å². The molecule has 0 unspecified atom stereocenters. The molecule has 0 bridgehead atoms. The molecule has 6 rings (SSSR count). The summed E-state index contributed by atoms with van der Waals surface area (Å²) in [5.41, 5.74) is 0.174. The molecule has 6 N–H and O–H groups in total. The van der Waals surface area contributed by atoms with Gasteiger partial charge in [-0.1, -0.05) is 48.5 Å². The van der Waals surface area contributed by atoms with E-state index in [4.69, 9.17) is 9.11 Å². The fraction of sp³-hybridized carbons (Fsp3) is 0. The van der Waals surface area contributed by atoms with Gasteiger partial charge in [-0.15, -0.1) is 0 Å². The maximum Gasteiger partial charge on any atom is 1.00 e. The fourth-order valence-electron chi connectivity index (χ4n) is 4.64. The number of benzene rings is 4. The first-order chi connectivity index (χ1) is 19.6. The van der Waals surface area contributed by atoms with Crippen molar-refractivity contribution in [3.63, 3.8) is 0 Å². The number of phenolic OH excluding ortho intramolecular Hbond substituents is 2. The van der Waals surface area contributed by atoms with Crippen molar-refractivity contribution in [2.45, 2.75) is 9.79 Å². The zero-order valence-electron chi connectivity index (χ0n) is 22.3. The van der Waals surface area contributed by atoms with Crippen LogP contribution in [0.5, 0.6) is 11.5 Å². The molecule has 0 saturated heterocycles. The summed E-state index contributed by atoms with van der Waals surface area (Å²) in [4.78, 5) is 47.6. The summed E-state index contributed by atoms with van der Waals surface area (Å²) in [6, 6.07) is 15.6. The first kappa shape index (κ1) is 34.4. The largest absolute Gasteiger partial charge is 1.00 e. The molecule has 44 heavy (non-hydrogen) atoms. The summed E-state index contributed by atoms with van der Waals surface area (Å²) in [6.07, 6.45) is 0. The second-order valence-electron chi connectivity index (χ2n) is 9.09. The molecule has 0 amide bonds. The monoisotopic (exact) mass is 649 g/mol. The predicted octanol–water partition coefficient (Wildman–Crippen LogP) is -0.992. The fourth-order valence-corrected chi connectivity index (χ4v) is 5.82. The Morgan fingerprint density at radius 2 is 0.659 bits per heavy atom. The SMILES string of the molecule is O.O=C1c2ccccc2C(=O)c2cc(S(=O)(=O)O)c(O)cc21.O=C1c2ccccc2C(=O)c2cc(S(=O)(=O)O)c(O)cc21.[Na+]. The van der Waals surface area contributed by atoms with Crippen molar-refractivity contribution in [2.75, 3.05) is 0 Å². The molecule has 0 saturated carbocycles. The Hall–Kier alpha value is -4.06. The summed E-state index contributed by atoms with van der Waals surface area (Å²) in [6.45, 7) is 0. The average molecular weight is 650 g/mol. The van der Waals surface area contributed by atoms with Gasteiger partial charge in [-0.05, 0) is 24.3 Å². The van der Waals surface area contributed by atoms with E-state index in [-0.39, 0.29) is 79.5 Å². The number of carbonyl (C=O) groups is 4. The molecule has 2 aliphatic carbocycles. The Balaban J connectivity index is 0.000000230. The van der Waals surface area contributed by atoms with Crippen LogP contribution < -0.4 is 29.6 Å². The molecule has 16 heteroatoms. The summed E-state index contributed by atoms with van der Waals surface area (Å²) in [7, 11) is -9.40. The second kappa shape index (κ2) is 12.1. The first-order valence-electron chi connectivity index (χ1n) is 11.7. The van der Waals surface area contributed by atoms with Crippen molar-refractivity contribution in [2.24, 2.45) is 0 Å². The van der Waals surface area contributed by atoms with Crippen LogP contribution in [0.25, 0.3) is 0 Å². The molecule has 0 atom stereocenters. The first-order valence-corrected chi connectivity index (χ1v) is 14.5. The molecule has 0 radical (unpaired) electrons. The van der Waals surface area contributed by atoms with Crippen LogP contribution in [0.1, 0.15) is 63.7 Å².